The lowest BCUT2D eigenvalue weighted by atomic mass is 9.89. The first kappa shape index (κ1) is 13.4. The van der Waals surface area contributed by atoms with Gasteiger partial charge in [-0.25, -0.2) is 4.79 Å². The normalized spacial score (nSPS) is 12.1. The molecule has 2 N–H and O–H groups in total. The number of aromatic carboxylic acids is 1. The van der Waals surface area contributed by atoms with Crippen LogP contribution >= 0.6 is 11.6 Å². The Balaban J connectivity index is 2.57. The zero-order chi connectivity index (χ0) is 14.0. The van der Waals surface area contributed by atoms with Crippen molar-refractivity contribution in [3.63, 3.8) is 0 Å². The molecule has 0 aromatic heterocycles. The van der Waals surface area contributed by atoms with Gasteiger partial charge in [-0.15, -0.1) is 0 Å². The summed E-state index contributed by atoms with van der Waals surface area (Å²) in [6.07, 6.45) is 0. The number of hydrogen-bond donors (Lipinski definition) is 2. The van der Waals surface area contributed by atoms with E-state index in [2.05, 4.69) is 0 Å². The van der Waals surface area contributed by atoms with Gasteiger partial charge < -0.3 is 10.2 Å². The first-order valence-corrected chi connectivity index (χ1v) is 6.19. The average Bonchev–Trinajstić information content (AvgIpc) is 2.41. The van der Waals surface area contributed by atoms with Gasteiger partial charge >= 0.3 is 5.97 Å². The molecular weight excluding hydrogens is 264 g/mol. The van der Waals surface area contributed by atoms with Gasteiger partial charge in [-0.2, -0.15) is 0 Å². The number of benzene rings is 2. The molecule has 0 fully saturated rings. The number of hydrogen-bond acceptors (Lipinski definition) is 2. The minimum Gasteiger partial charge on any atom is -0.505 e. The first-order valence-electron chi connectivity index (χ1n) is 5.82. The second-order valence-electron chi connectivity index (χ2n) is 4.30. The van der Waals surface area contributed by atoms with E-state index in [1.807, 2.05) is 37.3 Å². The van der Waals surface area contributed by atoms with E-state index in [1.165, 1.54) is 6.07 Å². The maximum Gasteiger partial charge on any atom is 0.339 e. The molecule has 0 aliphatic heterocycles. The van der Waals surface area contributed by atoms with Crippen LogP contribution in [-0.2, 0) is 0 Å². The van der Waals surface area contributed by atoms with Crippen LogP contribution in [0.3, 0.4) is 0 Å². The smallest absolute Gasteiger partial charge is 0.339 e. The maximum absolute atomic E-state index is 11.3. The predicted molar refractivity (Wildman–Crippen MR) is 74.0 cm³/mol. The SMILES string of the molecule is CC(c1ccccc1)c1ccc(Cl)c(O)c1C(=O)O. The number of aromatic hydroxyl groups is 1. The van der Waals surface area contributed by atoms with E-state index in [0.717, 1.165) is 5.56 Å². The fourth-order valence-electron chi connectivity index (χ4n) is 2.09. The third-order valence-corrected chi connectivity index (χ3v) is 3.45. The third kappa shape index (κ3) is 2.56. The van der Waals surface area contributed by atoms with Gasteiger partial charge in [0.2, 0.25) is 0 Å². The Labute approximate surface area is 116 Å². The van der Waals surface area contributed by atoms with Gasteiger partial charge in [0.15, 0.2) is 0 Å². The van der Waals surface area contributed by atoms with Gasteiger partial charge in [0.25, 0.3) is 0 Å². The van der Waals surface area contributed by atoms with Crippen molar-refractivity contribution in [1.82, 2.24) is 0 Å². The van der Waals surface area contributed by atoms with Crippen molar-refractivity contribution in [2.45, 2.75) is 12.8 Å². The highest BCUT2D eigenvalue weighted by Crippen LogP contribution is 2.35. The Morgan fingerprint density at radius 1 is 1.16 bits per heavy atom. The van der Waals surface area contributed by atoms with Crippen molar-refractivity contribution in [3.8, 4) is 5.75 Å². The van der Waals surface area contributed by atoms with Crippen molar-refractivity contribution in [1.29, 1.82) is 0 Å². The summed E-state index contributed by atoms with van der Waals surface area (Å²) in [5.74, 6) is -1.71. The fraction of sp³-hybridized carbons (Fsp3) is 0.133. The molecule has 0 saturated heterocycles. The molecule has 4 heteroatoms. The highest BCUT2D eigenvalue weighted by atomic mass is 35.5. The van der Waals surface area contributed by atoms with E-state index < -0.39 is 5.97 Å². The molecule has 0 aliphatic rings. The highest BCUT2D eigenvalue weighted by molar-refractivity contribution is 6.32. The molecule has 98 valence electrons. The number of rotatable bonds is 3. The van der Waals surface area contributed by atoms with E-state index in [1.54, 1.807) is 6.07 Å². The van der Waals surface area contributed by atoms with E-state index in [4.69, 9.17) is 11.6 Å². The van der Waals surface area contributed by atoms with Crippen molar-refractivity contribution in [3.05, 3.63) is 64.2 Å². The number of carboxylic acids is 1. The molecule has 1 unspecified atom stereocenters. The quantitative estimate of drug-likeness (QED) is 0.894. The van der Waals surface area contributed by atoms with Crippen molar-refractivity contribution < 1.29 is 15.0 Å². The molecule has 2 rings (SSSR count). The average molecular weight is 277 g/mol. The van der Waals surface area contributed by atoms with Crippen LogP contribution in [0.4, 0.5) is 0 Å². The maximum atomic E-state index is 11.3. The second kappa shape index (κ2) is 5.33. The van der Waals surface area contributed by atoms with Crippen LogP contribution in [0.1, 0.15) is 34.3 Å². The van der Waals surface area contributed by atoms with Gasteiger partial charge in [-0.05, 0) is 17.2 Å². The van der Waals surface area contributed by atoms with Gasteiger partial charge in [0.05, 0.1) is 5.02 Å². The van der Waals surface area contributed by atoms with Crippen LogP contribution in [0.25, 0.3) is 0 Å². The molecule has 19 heavy (non-hydrogen) atoms. The lowest BCUT2D eigenvalue weighted by molar-refractivity contribution is 0.0692. The van der Waals surface area contributed by atoms with Crippen molar-refractivity contribution in [2.24, 2.45) is 0 Å². The summed E-state index contributed by atoms with van der Waals surface area (Å²) in [7, 11) is 0. The summed E-state index contributed by atoms with van der Waals surface area (Å²) in [4.78, 5) is 11.3. The summed E-state index contributed by atoms with van der Waals surface area (Å²) in [6, 6.07) is 12.7. The minimum atomic E-state index is -1.18. The molecule has 2 aromatic carbocycles. The van der Waals surface area contributed by atoms with Crippen molar-refractivity contribution in [2.75, 3.05) is 0 Å². The number of phenols is 1. The Hall–Kier alpha value is -2.00. The topological polar surface area (TPSA) is 57.5 Å². The highest BCUT2D eigenvalue weighted by Gasteiger charge is 2.22. The number of carbonyl (C=O) groups is 1. The van der Waals surface area contributed by atoms with Crippen LogP contribution in [0.2, 0.25) is 5.02 Å². The molecule has 0 bridgehead atoms. The summed E-state index contributed by atoms with van der Waals surface area (Å²) in [5, 5.41) is 19.1. The third-order valence-electron chi connectivity index (χ3n) is 3.14. The Kier molecular flexibility index (Phi) is 3.76. The molecule has 2 aromatic rings. The molecule has 0 aliphatic carbocycles. The zero-order valence-electron chi connectivity index (χ0n) is 10.3. The Bertz CT molecular complexity index is 608. The van der Waals surface area contributed by atoms with Gasteiger partial charge in [-0.3, -0.25) is 0 Å². The Morgan fingerprint density at radius 3 is 2.37 bits per heavy atom. The van der Waals surface area contributed by atoms with E-state index in [-0.39, 0.29) is 22.3 Å². The first-order chi connectivity index (χ1) is 9.02. The van der Waals surface area contributed by atoms with Crippen LogP contribution in [-0.4, -0.2) is 16.2 Å². The summed E-state index contributed by atoms with van der Waals surface area (Å²) in [5.41, 5.74) is 1.39. The van der Waals surface area contributed by atoms with Crippen molar-refractivity contribution >= 4 is 17.6 Å². The lowest BCUT2D eigenvalue weighted by Gasteiger charge is -2.16. The molecular formula is C15H13ClO3. The zero-order valence-corrected chi connectivity index (χ0v) is 11.1. The predicted octanol–water partition coefficient (Wildman–Crippen LogP) is 3.90. The molecule has 3 nitrogen and oxygen atoms in total. The van der Waals surface area contributed by atoms with Crippen LogP contribution in [0, 0.1) is 0 Å². The number of carboxylic acid groups (broad SMARTS) is 1. The van der Waals surface area contributed by atoms with Crippen LogP contribution < -0.4 is 0 Å². The van der Waals surface area contributed by atoms with Gasteiger partial charge in [0.1, 0.15) is 11.3 Å². The fourth-order valence-corrected chi connectivity index (χ4v) is 2.25. The Morgan fingerprint density at radius 2 is 1.79 bits per heavy atom. The van der Waals surface area contributed by atoms with Gasteiger partial charge in [-0.1, -0.05) is 54.9 Å². The molecule has 0 heterocycles. The number of halogens is 1. The summed E-state index contributed by atoms with van der Waals surface area (Å²) >= 11 is 5.77. The lowest BCUT2D eigenvalue weighted by Crippen LogP contribution is -2.07. The molecule has 1 atom stereocenters. The summed E-state index contributed by atoms with van der Waals surface area (Å²) in [6.45, 7) is 1.89. The van der Waals surface area contributed by atoms with E-state index in [0.29, 0.717) is 5.56 Å². The minimum absolute atomic E-state index is 0.0430. The standard InChI is InChI=1S/C15H13ClO3/c1-9(10-5-3-2-4-6-10)11-7-8-12(16)14(17)13(11)15(18)19/h2-9,17H,1H3,(H,18,19). The largest absolute Gasteiger partial charge is 0.505 e. The molecule has 0 amide bonds. The molecule has 0 radical (unpaired) electrons. The second-order valence-corrected chi connectivity index (χ2v) is 4.70. The van der Waals surface area contributed by atoms with Gasteiger partial charge in [0, 0.05) is 5.92 Å². The summed E-state index contributed by atoms with van der Waals surface area (Å²) < 4.78 is 0. The van der Waals surface area contributed by atoms with Crippen LogP contribution in [0.15, 0.2) is 42.5 Å². The molecule has 0 spiro atoms. The molecule has 0 saturated carbocycles. The van der Waals surface area contributed by atoms with Crippen LogP contribution in [0.5, 0.6) is 5.75 Å². The van der Waals surface area contributed by atoms with E-state index in [9.17, 15) is 15.0 Å². The monoisotopic (exact) mass is 276 g/mol. The van der Waals surface area contributed by atoms with E-state index >= 15 is 0 Å².